The average molecular weight is 366 g/mol. The highest BCUT2D eigenvalue weighted by Crippen LogP contribution is 2.32. The molecule has 0 unspecified atom stereocenters. The standard InChI is InChI=1S/C22H22O5/c1-3-4-5-10-17(23)15-8-6-7-9-16(15)20-13-19(25)22-18(24)11-14(26-2)12-21(22)27-20/h6-9,11-13,24H,3-5,10H2,1-2H3. The molecule has 1 heterocycles. The van der Waals surface area contributed by atoms with Gasteiger partial charge >= 0.3 is 0 Å². The van der Waals surface area contributed by atoms with Crippen molar-refractivity contribution in [3.05, 3.63) is 58.3 Å². The number of aromatic hydroxyl groups is 1. The SMILES string of the molecule is CCCCCC(=O)c1ccccc1-c1cc(=O)c2c(O)cc(OC)cc2o1. The van der Waals surface area contributed by atoms with Crippen molar-refractivity contribution in [3.63, 3.8) is 0 Å². The van der Waals surface area contributed by atoms with Crippen LogP contribution in [0.3, 0.4) is 0 Å². The van der Waals surface area contributed by atoms with Crippen molar-refractivity contribution in [1.82, 2.24) is 0 Å². The zero-order valence-corrected chi connectivity index (χ0v) is 15.5. The van der Waals surface area contributed by atoms with E-state index in [1.807, 2.05) is 0 Å². The second kappa shape index (κ2) is 8.08. The van der Waals surface area contributed by atoms with Crippen LogP contribution in [0.15, 0.2) is 51.7 Å². The molecule has 0 aliphatic carbocycles. The molecule has 5 heteroatoms. The fraction of sp³-hybridized carbons (Fsp3) is 0.273. The van der Waals surface area contributed by atoms with Gasteiger partial charge in [-0.25, -0.2) is 0 Å². The molecule has 0 amide bonds. The molecule has 0 saturated carbocycles. The Morgan fingerprint density at radius 2 is 1.93 bits per heavy atom. The van der Waals surface area contributed by atoms with E-state index in [0.29, 0.717) is 29.1 Å². The summed E-state index contributed by atoms with van der Waals surface area (Å²) in [5.74, 6) is 0.493. The molecule has 140 valence electrons. The predicted molar refractivity (Wildman–Crippen MR) is 105 cm³/mol. The van der Waals surface area contributed by atoms with Crippen LogP contribution in [0.4, 0.5) is 0 Å². The summed E-state index contributed by atoms with van der Waals surface area (Å²) in [7, 11) is 1.47. The van der Waals surface area contributed by atoms with Gasteiger partial charge < -0.3 is 14.3 Å². The predicted octanol–water partition coefficient (Wildman–Crippen LogP) is 4.94. The van der Waals surface area contributed by atoms with Gasteiger partial charge in [-0.15, -0.1) is 0 Å². The summed E-state index contributed by atoms with van der Waals surface area (Å²) < 4.78 is 11.0. The molecule has 0 atom stereocenters. The van der Waals surface area contributed by atoms with Crippen LogP contribution >= 0.6 is 0 Å². The minimum absolute atomic E-state index is 0.0234. The number of ether oxygens (including phenoxy) is 1. The van der Waals surface area contributed by atoms with Crippen LogP contribution in [0.2, 0.25) is 0 Å². The first-order valence-corrected chi connectivity index (χ1v) is 9.02. The molecule has 1 aromatic heterocycles. The number of phenolic OH excluding ortho intramolecular Hbond substituents is 1. The smallest absolute Gasteiger partial charge is 0.197 e. The Bertz CT molecular complexity index is 1030. The van der Waals surface area contributed by atoms with Gasteiger partial charge in [-0.2, -0.15) is 0 Å². The minimum atomic E-state index is -0.375. The number of Topliss-reactive ketones (excluding diaryl/α,β-unsaturated/α-hetero) is 1. The van der Waals surface area contributed by atoms with E-state index in [1.54, 1.807) is 30.3 Å². The molecule has 3 aromatic rings. The van der Waals surface area contributed by atoms with E-state index in [1.165, 1.54) is 19.2 Å². The van der Waals surface area contributed by atoms with Crippen molar-refractivity contribution in [1.29, 1.82) is 0 Å². The first kappa shape index (κ1) is 18.7. The first-order valence-electron chi connectivity index (χ1n) is 9.02. The topological polar surface area (TPSA) is 76.7 Å². The van der Waals surface area contributed by atoms with Crippen LogP contribution in [0.5, 0.6) is 11.5 Å². The molecule has 0 spiro atoms. The van der Waals surface area contributed by atoms with Crippen molar-refractivity contribution in [2.75, 3.05) is 7.11 Å². The summed E-state index contributed by atoms with van der Waals surface area (Å²) in [4.78, 5) is 25.2. The van der Waals surface area contributed by atoms with Crippen molar-refractivity contribution in [2.24, 2.45) is 0 Å². The lowest BCUT2D eigenvalue weighted by Crippen LogP contribution is -2.05. The molecular weight excluding hydrogens is 344 g/mol. The average Bonchev–Trinajstić information content (AvgIpc) is 2.67. The van der Waals surface area contributed by atoms with E-state index >= 15 is 0 Å². The molecule has 0 aliphatic heterocycles. The highest BCUT2D eigenvalue weighted by Gasteiger charge is 2.17. The van der Waals surface area contributed by atoms with E-state index in [9.17, 15) is 14.7 Å². The van der Waals surface area contributed by atoms with Gasteiger partial charge in [0.1, 0.15) is 28.2 Å². The zero-order chi connectivity index (χ0) is 19.4. The summed E-state index contributed by atoms with van der Waals surface area (Å²) in [6, 6.07) is 11.3. The van der Waals surface area contributed by atoms with Crippen LogP contribution in [0.1, 0.15) is 43.0 Å². The lowest BCUT2D eigenvalue weighted by atomic mass is 9.97. The van der Waals surface area contributed by atoms with E-state index in [-0.39, 0.29) is 27.9 Å². The number of rotatable bonds is 7. The monoisotopic (exact) mass is 366 g/mol. The summed E-state index contributed by atoms with van der Waals surface area (Å²) in [6.07, 6.45) is 3.32. The molecule has 1 N–H and O–H groups in total. The molecule has 5 nitrogen and oxygen atoms in total. The molecule has 0 radical (unpaired) electrons. The fourth-order valence-corrected chi connectivity index (χ4v) is 3.11. The third-order valence-electron chi connectivity index (χ3n) is 4.52. The molecule has 3 rings (SSSR count). The maximum absolute atomic E-state index is 12.6. The van der Waals surface area contributed by atoms with Gasteiger partial charge in [-0.3, -0.25) is 9.59 Å². The van der Waals surface area contributed by atoms with Gasteiger partial charge in [0.15, 0.2) is 11.2 Å². The van der Waals surface area contributed by atoms with Crippen molar-refractivity contribution < 1.29 is 19.1 Å². The molecule has 2 aromatic carbocycles. The molecule has 0 saturated heterocycles. The maximum atomic E-state index is 12.6. The Labute approximate surface area is 157 Å². The Hall–Kier alpha value is -3.08. The van der Waals surface area contributed by atoms with Gasteiger partial charge in [-0.05, 0) is 6.42 Å². The van der Waals surface area contributed by atoms with Gasteiger partial charge in [0.2, 0.25) is 0 Å². The summed E-state index contributed by atoms with van der Waals surface area (Å²) in [5, 5.41) is 10.2. The Balaban J connectivity index is 2.11. The number of ketones is 1. The van der Waals surface area contributed by atoms with Gasteiger partial charge in [-0.1, -0.05) is 44.0 Å². The lowest BCUT2D eigenvalue weighted by molar-refractivity contribution is 0.0979. The van der Waals surface area contributed by atoms with Crippen molar-refractivity contribution in [2.45, 2.75) is 32.6 Å². The largest absolute Gasteiger partial charge is 0.507 e. The van der Waals surface area contributed by atoms with Crippen LogP contribution in [0.25, 0.3) is 22.3 Å². The summed E-state index contributed by atoms with van der Waals surface area (Å²) in [6.45, 7) is 2.09. The Morgan fingerprint density at radius 3 is 2.67 bits per heavy atom. The second-order valence-corrected chi connectivity index (χ2v) is 6.42. The molecule has 0 bridgehead atoms. The number of hydrogen-bond donors (Lipinski definition) is 1. The number of phenols is 1. The van der Waals surface area contributed by atoms with Crippen LogP contribution in [-0.2, 0) is 0 Å². The summed E-state index contributed by atoms with van der Waals surface area (Å²) in [5.41, 5.74) is 0.936. The second-order valence-electron chi connectivity index (χ2n) is 6.42. The van der Waals surface area contributed by atoms with E-state index in [4.69, 9.17) is 9.15 Å². The highest BCUT2D eigenvalue weighted by molar-refractivity contribution is 6.02. The fourth-order valence-electron chi connectivity index (χ4n) is 3.11. The van der Waals surface area contributed by atoms with Crippen molar-refractivity contribution >= 4 is 16.8 Å². The van der Waals surface area contributed by atoms with E-state index in [0.717, 1.165) is 19.3 Å². The summed E-state index contributed by atoms with van der Waals surface area (Å²) >= 11 is 0. The minimum Gasteiger partial charge on any atom is -0.507 e. The Morgan fingerprint density at radius 1 is 1.15 bits per heavy atom. The molecule has 27 heavy (non-hydrogen) atoms. The zero-order valence-electron chi connectivity index (χ0n) is 15.5. The number of fused-ring (bicyclic) bond motifs is 1. The quantitative estimate of drug-likeness (QED) is 0.473. The highest BCUT2D eigenvalue weighted by atomic mass is 16.5. The van der Waals surface area contributed by atoms with E-state index < -0.39 is 0 Å². The van der Waals surface area contributed by atoms with Gasteiger partial charge in [0, 0.05) is 35.7 Å². The van der Waals surface area contributed by atoms with Crippen LogP contribution in [0, 0.1) is 0 Å². The Kier molecular flexibility index (Phi) is 5.60. The molecule has 0 aliphatic rings. The number of unbranched alkanes of at least 4 members (excludes halogenated alkanes) is 2. The normalized spacial score (nSPS) is 10.9. The first-order chi connectivity index (χ1) is 13.0. The molecular formula is C22H22O5. The maximum Gasteiger partial charge on any atom is 0.197 e. The van der Waals surface area contributed by atoms with Gasteiger partial charge in [0.05, 0.1) is 7.11 Å². The third kappa shape index (κ3) is 3.87. The number of hydrogen-bond acceptors (Lipinski definition) is 5. The van der Waals surface area contributed by atoms with E-state index in [2.05, 4.69) is 6.92 Å². The number of benzene rings is 2. The molecule has 0 fully saturated rings. The number of carbonyl (C=O) groups excluding carboxylic acids is 1. The lowest BCUT2D eigenvalue weighted by Gasteiger charge is -2.10. The number of carbonyl (C=O) groups is 1. The van der Waals surface area contributed by atoms with Gasteiger partial charge in [0.25, 0.3) is 0 Å². The van der Waals surface area contributed by atoms with Crippen molar-refractivity contribution in [3.8, 4) is 22.8 Å². The van der Waals surface area contributed by atoms with Crippen LogP contribution < -0.4 is 10.2 Å². The third-order valence-corrected chi connectivity index (χ3v) is 4.52. The number of methoxy groups -OCH3 is 1. The van der Waals surface area contributed by atoms with Crippen LogP contribution in [-0.4, -0.2) is 18.0 Å².